The number of hydrogen-bond donors (Lipinski definition) is 1. The van der Waals surface area contributed by atoms with Crippen molar-refractivity contribution >= 4 is 0 Å². The average molecular weight is 255 g/mol. The summed E-state index contributed by atoms with van der Waals surface area (Å²) in [5.41, 5.74) is 0.352. The topological polar surface area (TPSA) is 18.5 Å². The van der Waals surface area contributed by atoms with Crippen LogP contribution >= 0.6 is 0 Å². The number of rotatable bonds is 6. The molecule has 1 fully saturated rings. The number of piperazine rings is 1. The zero-order chi connectivity index (χ0) is 13.8. The van der Waals surface area contributed by atoms with Gasteiger partial charge in [0, 0.05) is 38.8 Å². The lowest BCUT2D eigenvalue weighted by Gasteiger charge is -2.43. The zero-order valence-electron chi connectivity index (χ0n) is 13.3. The number of nitrogens with one attached hydrogen (secondary N) is 1. The summed E-state index contributed by atoms with van der Waals surface area (Å²) in [4.78, 5) is 5.04. The van der Waals surface area contributed by atoms with Gasteiger partial charge >= 0.3 is 0 Å². The van der Waals surface area contributed by atoms with Crippen LogP contribution in [0.15, 0.2) is 0 Å². The lowest BCUT2D eigenvalue weighted by atomic mass is 9.79. The van der Waals surface area contributed by atoms with Gasteiger partial charge in [-0.3, -0.25) is 0 Å². The Bertz CT molecular complexity index is 230. The number of hydrogen-bond acceptors (Lipinski definition) is 3. The van der Waals surface area contributed by atoms with Gasteiger partial charge in [0.1, 0.15) is 0 Å². The van der Waals surface area contributed by atoms with Gasteiger partial charge in [0.05, 0.1) is 0 Å². The first-order valence-electron chi connectivity index (χ1n) is 7.42. The van der Waals surface area contributed by atoms with Crippen LogP contribution in [0.2, 0.25) is 0 Å². The van der Waals surface area contributed by atoms with E-state index in [1.165, 1.54) is 26.1 Å². The summed E-state index contributed by atoms with van der Waals surface area (Å²) in [6.07, 6.45) is 1.28. The van der Waals surface area contributed by atoms with Crippen LogP contribution in [-0.2, 0) is 0 Å². The van der Waals surface area contributed by atoms with Gasteiger partial charge in [-0.15, -0.1) is 0 Å². The maximum atomic E-state index is 3.43. The molecule has 1 aliphatic heterocycles. The summed E-state index contributed by atoms with van der Waals surface area (Å²) in [7, 11) is 4.46. The van der Waals surface area contributed by atoms with Crippen LogP contribution in [0.5, 0.6) is 0 Å². The van der Waals surface area contributed by atoms with Crippen molar-refractivity contribution in [2.75, 3.05) is 46.8 Å². The van der Waals surface area contributed by atoms with E-state index in [-0.39, 0.29) is 0 Å². The van der Waals surface area contributed by atoms with Crippen LogP contribution in [0, 0.1) is 11.3 Å². The molecule has 1 saturated heterocycles. The zero-order valence-corrected chi connectivity index (χ0v) is 13.3. The first-order chi connectivity index (χ1) is 8.33. The molecule has 0 spiro atoms. The highest BCUT2D eigenvalue weighted by molar-refractivity contribution is 4.88. The molecule has 1 aliphatic rings. The highest BCUT2D eigenvalue weighted by Crippen LogP contribution is 2.30. The highest BCUT2D eigenvalue weighted by atomic mass is 15.2. The van der Waals surface area contributed by atoms with E-state index in [9.17, 15) is 0 Å². The Labute approximate surface area is 114 Å². The van der Waals surface area contributed by atoms with Crippen molar-refractivity contribution in [3.05, 3.63) is 0 Å². The Kier molecular flexibility index (Phi) is 6.09. The van der Waals surface area contributed by atoms with Crippen molar-refractivity contribution in [1.82, 2.24) is 15.1 Å². The van der Waals surface area contributed by atoms with E-state index < -0.39 is 0 Å². The quantitative estimate of drug-likeness (QED) is 0.782. The van der Waals surface area contributed by atoms with E-state index in [4.69, 9.17) is 0 Å². The van der Waals surface area contributed by atoms with Crippen molar-refractivity contribution in [3.8, 4) is 0 Å². The fraction of sp³-hybridized carbons (Fsp3) is 1.00. The first-order valence-corrected chi connectivity index (χ1v) is 7.42. The number of nitrogens with zero attached hydrogens (tertiary/aromatic N) is 2. The lowest BCUT2D eigenvalue weighted by Crippen LogP contribution is -2.52. The van der Waals surface area contributed by atoms with E-state index >= 15 is 0 Å². The third-order valence-electron chi connectivity index (χ3n) is 4.06. The minimum atomic E-state index is 0.352. The molecule has 0 radical (unpaired) electrons. The van der Waals surface area contributed by atoms with Crippen molar-refractivity contribution in [1.29, 1.82) is 0 Å². The van der Waals surface area contributed by atoms with E-state index in [1.54, 1.807) is 0 Å². The predicted octanol–water partition coefficient (Wildman–Crippen LogP) is 1.89. The summed E-state index contributed by atoms with van der Waals surface area (Å²) in [6.45, 7) is 15.4. The summed E-state index contributed by atoms with van der Waals surface area (Å²) in [6, 6.07) is 0.660. The molecule has 0 aromatic rings. The monoisotopic (exact) mass is 255 g/mol. The van der Waals surface area contributed by atoms with Gasteiger partial charge in [-0.05, 0) is 31.8 Å². The molecular formula is C15H33N3. The fourth-order valence-electron chi connectivity index (χ4n) is 3.23. The van der Waals surface area contributed by atoms with Crippen LogP contribution in [0.25, 0.3) is 0 Å². The molecule has 0 aliphatic carbocycles. The SMILES string of the molecule is CC(C)CC(N(C)C)C(C)(C)CN1CCNCC1. The van der Waals surface area contributed by atoms with Crippen molar-refractivity contribution in [2.45, 2.75) is 40.2 Å². The third kappa shape index (κ3) is 4.87. The Balaban J connectivity index is 2.61. The molecule has 1 atom stereocenters. The molecule has 1 unspecified atom stereocenters. The molecular weight excluding hydrogens is 222 g/mol. The summed E-state index contributed by atoms with van der Waals surface area (Å²) in [5, 5.41) is 3.43. The van der Waals surface area contributed by atoms with E-state index in [1.807, 2.05) is 0 Å². The molecule has 3 heteroatoms. The van der Waals surface area contributed by atoms with Crippen LogP contribution in [0.1, 0.15) is 34.1 Å². The molecule has 1 N–H and O–H groups in total. The van der Waals surface area contributed by atoms with Crippen molar-refractivity contribution in [2.24, 2.45) is 11.3 Å². The molecule has 0 aromatic carbocycles. The van der Waals surface area contributed by atoms with E-state index in [2.05, 4.69) is 56.9 Å². The van der Waals surface area contributed by atoms with Crippen LogP contribution in [0.4, 0.5) is 0 Å². The fourth-order valence-corrected chi connectivity index (χ4v) is 3.23. The molecule has 0 aromatic heterocycles. The molecule has 0 amide bonds. The van der Waals surface area contributed by atoms with Crippen molar-refractivity contribution < 1.29 is 0 Å². The Hall–Kier alpha value is -0.120. The second-order valence-electron chi connectivity index (χ2n) is 7.12. The Morgan fingerprint density at radius 3 is 2.17 bits per heavy atom. The van der Waals surface area contributed by atoms with Gasteiger partial charge < -0.3 is 15.1 Å². The Morgan fingerprint density at radius 2 is 1.72 bits per heavy atom. The average Bonchev–Trinajstić information content (AvgIpc) is 2.26. The van der Waals surface area contributed by atoms with Crippen LogP contribution in [-0.4, -0.2) is 62.7 Å². The van der Waals surface area contributed by atoms with Crippen LogP contribution in [0.3, 0.4) is 0 Å². The smallest absolute Gasteiger partial charge is 0.0155 e. The van der Waals surface area contributed by atoms with Gasteiger partial charge in [0.15, 0.2) is 0 Å². The third-order valence-corrected chi connectivity index (χ3v) is 4.06. The minimum absolute atomic E-state index is 0.352. The maximum absolute atomic E-state index is 3.43. The van der Waals surface area contributed by atoms with Gasteiger partial charge in [0.2, 0.25) is 0 Å². The van der Waals surface area contributed by atoms with E-state index in [0.717, 1.165) is 19.0 Å². The van der Waals surface area contributed by atoms with E-state index in [0.29, 0.717) is 11.5 Å². The summed E-state index contributed by atoms with van der Waals surface area (Å²) < 4.78 is 0. The lowest BCUT2D eigenvalue weighted by molar-refractivity contribution is 0.0648. The maximum Gasteiger partial charge on any atom is 0.0155 e. The predicted molar refractivity (Wildman–Crippen MR) is 80.0 cm³/mol. The molecule has 18 heavy (non-hydrogen) atoms. The molecule has 108 valence electrons. The van der Waals surface area contributed by atoms with Gasteiger partial charge in [-0.1, -0.05) is 27.7 Å². The molecule has 1 heterocycles. The second kappa shape index (κ2) is 6.88. The molecule has 0 saturated carbocycles. The minimum Gasteiger partial charge on any atom is -0.314 e. The standard InChI is InChI=1S/C15H33N3/c1-13(2)11-14(17(5)6)15(3,4)12-18-9-7-16-8-10-18/h13-14,16H,7-12H2,1-6H3. The largest absolute Gasteiger partial charge is 0.314 e. The summed E-state index contributed by atoms with van der Waals surface area (Å²) in [5.74, 6) is 0.764. The highest BCUT2D eigenvalue weighted by Gasteiger charge is 2.33. The normalized spacial score (nSPS) is 20.7. The van der Waals surface area contributed by atoms with Gasteiger partial charge in [0.25, 0.3) is 0 Å². The van der Waals surface area contributed by atoms with Gasteiger partial charge in [-0.2, -0.15) is 0 Å². The van der Waals surface area contributed by atoms with Crippen LogP contribution < -0.4 is 5.32 Å². The Morgan fingerprint density at radius 1 is 1.17 bits per heavy atom. The first kappa shape index (κ1) is 15.9. The van der Waals surface area contributed by atoms with Gasteiger partial charge in [-0.25, -0.2) is 0 Å². The molecule has 3 nitrogen and oxygen atoms in total. The molecule has 1 rings (SSSR count). The second-order valence-corrected chi connectivity index (χ2v) is 7.12. The van der Waals surface area contributed by atoms with Crippen molar-refractivity contribution in [3.63, 3.8) is 0 Å². The molecule has 0 bridgehead atoms. The summed E-state index contributed by atoms with van der Waals surface area (Å²) >= 11 is 0.